The molecule has 0 N–H and O–H groups in total. The van der Waals surface area contributed by atoms with Crippen LogP contribution in [0.25, 0.3) is 0 Å². The van der Waals surface area contributed by atoms with Gasteiger partial charge < -0.3 is 0 Å². The largest absolute Gasteiger partial charge is 0.300 e. The van der Waals surface area contributed by atoms with Crippen molar-refractivity contribution in [1.82, 2.24) is 4.90 Å². The van der Waals surface area contributed by atoms with Crippen LogP contribution in [0.4, 0.5) is 0 Å². The first-order valence-electron chi connectivity index (χ1n) is 8.87. The molecule has 0 saturated heterocycles. The molecule has 0 atom stereocenters. The summed E-state index contributed by atoms with van der Waals surface area (Å²) in [6.07, 6.45) is 11.1. The lowest BCUT2D eigenvalue weighted by atomic mass is 9.80. The number of alkyl halides is 1. The molecule has 1 aliphatic carbocycles. The highest BCUT2D eigenvalue weighted by Crippen LogP contribution is 2.36. The Morgan fingerprint density at radius 3 is 2.05 bits per heavy atom. The molecular formula is C18H36BrN. The van der Waals surface area contributed by atoms with Gasteiger partial charge in [0.1, 0.15) is 0 Å². The smallest absolute Gasteiger partial charge is 0.0100 e. The highest BCUT2D eigenvalue weighted by atomic mass is 79.9. The van der Waals surface area contributed by atoms with Gasteiger partial charge in [-0.25, -0.2) is 0 Å². The van der Waals surface area contributed by atoms with Gasteiger partial charge >= 0.3 is 0 Å². The van der Waals surface area contributed by atoms with Gasteiger partial charge in [-0.2, -0.15) is 0 Å². The molecule has 1 nitrogen and oxygen atoms in total. The quantitative estimate of drug-likeness (QED) is 0.447. The van der Waals surface area contributed by atoms with E-state index in [1.807, 2.05) is 0 Å². The van der Waals surface area contributed by atoms with E-state index in [4.69, 9.17) is 0 Å². The number of hydrogen-bond donors (Lipinski definition) is 0. The summed E-state index contributed by atoms with van der Waals surface area (Å²) in [6.45, 7) is 12.0. The number of nitrogens with zero attached hydrogens (tertiary/aromatic N) is 1. The first-order chi connectivity index (χ1) is 9.56. The normalized spacial score (nSPS) is 17.6. The van der Waals surface area contributed by atoms with Crippen molar-refractivity contribution < 1.29 is 0 Å². The molecule has 1 fully saturated rings. The van der Waals surface area contributed by atoms with Gasteiger partial charge in [-0.15, -0.1) is 0 Å². The Hall–Kier alpha value is 0.440. The van der Waals surface area contributed by atoms with Crippen molar-refractivity contribution in [3.05, 3.63) is 0 Å². The summed E-state index contributed by atoms with van der Waals surface area (Å²) in [5.41, 5.74) is 0.501. The Bertz CT molecular complexity index is 240. The minimum atomic E-state index is 0.501. The van der Waals surface area contributed by atoms with Gasteiger partial charge in [0, 0.05) is 24.5 Å². The monoisotopic (exact) mass is 345 g/mol. The highest BCUT2D eigenvalue weighted by Gasteiger charge is 2.33. The Morgan fingerprint density at radius 2 is 1.65 bits per heavy atom. The standard InChI is InChI=1S/C18H36BrN/c1-5-11-18(14-19,12-6-2)15-20(13-16(3)4)17-9-7-8-10-17/h16-17H,5-15H2,1-4H3. The average molecular weight is 346 g/mol. The van der Waals surface area contributed by atoms with Crippen molar-refractivity contribution in [2.45, 2.75) is 85.1 Å². The lowest BCUT2D eigenvalue weighted by Crippen LogP contribution is -2.45. The van der Waals surface area contributed by atoms with Crippen LogP contribution >= 0.6 is 15.9 Å². The van der Waals surface area contributed by atoms with Crippen molar-refractivity contribution in [2.75, 3.05) is 18.4 Å². The van der Waals surface area contributed by atoms with Crippen molar-refractivity contribution >= 4 is 15.9 Å². The van der Waals surface area contributed by atoms with E-state index in [0.29, 0.717) is 5.41 Å². The zero-order valence-corrected chi connectivity index (χ0v) is 15.8. The molecule has 0 aromatic heterocycles. The molecule has 0 spiro atoms. The second-order valence-corrected chi connectivity index (χ2v) is 7.96. The second kappa shape index (κ2) is 9.46. The number of hydrogen-bond acceptors (Lipinski definition) is 1. The molecule has 0 heterocycles. The number of rotatable bonds is 10. The third-order valence-corrected chi connectivity index (χ3v) is 6.01. The van der Waals surface area contributed by atoms with Crippen molar-refractivity contribution in [3.8, 4) is 0 Å². The van der Waals surface area contributed by atoms with Gasteiger partial charge in [0.2, 0.25) is 0 Å². The average Bonchev–Trinajstić information content (AvgIpc) is 2.91. The molecule has 0 aliphatic heterocycles. The Balaban J connectivity index is 2.76. The van der Waals surface area contributed by atoms with Crippen molar-refractivity contribution in [1.29, 1.82) is 0 Å². The first-order valence-corrected chi connectivity index (χ1v) is 9.99. The Kier molecular flexibility index (Phi) is 8.74. The highest BCUT2D eigenvalue weighted by molar-refractivity contribution is 9.09. The minimum absolute atomic E-state index is 0.501. The van der Waals surface area contributed by atoms with Crippen LogP contribution in [-0.2, 0) is 0 Å². The SMILES string of the molecule is CCCC(CBr)(CCC)CN(CC(C)C)C1CCCC1. The molecule has 1 aliphatic rings. The summed E-state index contributed by atoms with van der Waals surface area (Å²) in [5.74, 6) is 0.784. The molecule has 1 saturated carbocycles. The van der Waals surface area contributed by atoms with E-state index >= 15 is 0 Å². The lowest BCUT2D eigenvalue weighted by Gasteiger charge is -2.41. The minimum Gasteiger partial charge on any atom is -0.300 e. The fourth-order valence-electron chi connectivity index (χ4n) is 4.03. The van der Waals surface area contributed by atoms with E-state index in [1.165, 1.54) is 69.8 Å². The predicted octanol–water partition coefficient (Wildman–Crippen LogP) is 5.87. The third-order valence-electron chi connectivity index (χ3n) is 4.82. The van der Waals surface area contributed by atoms with Crippen molar-refractivity contribution in [2.24, 2.45) is 11.3 Å². The summed E-state index contributed by atoms with van der Waals surface area (Å²) in [6, 6.07) is 0.865. The van der Waals surface area contributed by atoms with Crippen LogP contribution < -0.4 is 0 Å². The van der Waals surface area contributed by atoms with Crippen LogP contribution in [-0.4, -0.2) is 29.4 Å². The van der Waals surface area contributed by atoms with E-state index in [-0.39, 0.29) is 0 Å². The Morgan fingerprint density at radius 1 is 1.10 bits per heavy atom. The fourth-order valence-corrected chi connectivity index (χ4v) is 4.77. The summed E-state index contributed by atoms with van der Waals surface area (Å²) in [5, 5.41) is 1.17. The van der Waals surface area contributed by atoms with Crippen LogP contribution in [0, 0.1) is 11.3 Å². The van der Waals surface area contributed by atoms with Crippen LogP contribution in [0.1, 0.15) is 79.1 Å². The van der Waals surface area contributed by atoms with E-state index < -0.39 is 0 Å². The third kappa shape index (κ3) is 5.67. The zero-order valence-electron chi connectivity index (χ0n) is 14.3. The molecule has 0 bridgehead atoms. The van der Waals surface area contributed by atoms with Crippen LogP contribution in [0.15, 0.2) is 0 Å². The molecular weight excluding hydrogens is 310 g/mol. The van der Waals surface area contributed by atoms with E-state index in [1.54, 1.807) is 0 Å². The summed E-state index contributed by atoms with van der Waals surface area (Å²) < 4.78 is 0. The number of halogens is 1. The van der Waals surface area contributed by atoms with Gasteiger partial charge in [0.05, 0.1) is 0 Å². The Labute approximate surface area is 136 Å². The first kappa shape index (κ1) is 18.5. The maximum atomic E-state index is 3.85. The van der Waals surface area contributed by atoms with Crippen LogP contribution in [0.2, 0.25) is 0 Å². The topological polar surface area (TPSA) is 3.24 Å². The zero-order chi connectivity index (χ0) is 15.0. The molecule has 2 heteroatoms. The molecule has 0 amide bonds. The van der Waals surface area contributed by atoms with Gasteiger partial charge in [-0.05, 0) is 37.0 Å². The molecule has 0 aromatic carbocycles. The molecule has 0 unspecified atom stereocenters. The van der Waals surface area contributed by atoms with E-state index in [2.05, 4.69) is 48.5 Å². The predicted molar refractivity (Wildman–Crippen MR) is 94.7 cm³/mol. The molecule has 1 rings (SSSR count). The molecule has 120 valence electrons. The summed E-state index contributed by atoms with van der Waals surface area (Å²) in [4.78, 5) is 2.85. The van der Waals surface area contributed by atoms with Gasteiger partial charge in [0.15, 0.2) is 0 Å². The molecule has 0 radical (unpaired) electrons. The van der Waals surface area contributed by atoms with E-state index in [0.717, 1.165) is 12.0 Å². The maximum Gasteiger partial charge on any atom is 0.0100 e. The molecule has 0 aromatic rings. The van der Waals surface area contributed by atoms with Gasteiger partial charge in [-0.1, -0.05) is 69.3 Å². The van der Waals surface area contributed by atoms with Gasteiger partial charge in [0.25, 0.3) is 0 Å². The molecule has 20 heavy (non-hydrogen) atoms. The van der Waals surface area contributed by atoms with E-state index in [9.17, 15) is 0 Å². The fraction of sp³-hybridized carbons (Fsp3) is 1.00. The van der Waals surface area contributed by atoms with Crippen LogP contribution in [0.5, 0.6) is 0 Å². The van der Waals surface area contributed by atoms with Gasteiger partial charge in [-0.3, -0.25) is 4.90 Å². The summed E-state index contributed by atoms with van der Waals surface area (Å²) >= 11 is 3.85. The van der Waals surface area contributed by atoms with Crippen molar-refractivity contribution in [3.63, 3.8) is 0 Å². The summed E-state index contributed by atoms with van der Waals surface area (Å²) in [7, 11) is 0. The van der Waals surface area contributed by atoms with Crippen LogP contribution in [0.3, 0.4) is 0 Å². The second-order valence-electron chi connectivity index (χ2n) is 7.40. The maximum absolute atomic E-state index is 3.85. The lowest BCUT2D eigenvalue weighted by molar-refractivity contribution is 0.0970.